The summed E-state index contributed by atoms with van der Waals surface area (Å²) in [5.41, 5.74) is 4.00. The van der Waals surface area contributed by atoms with Crippen molar-refractivity contribution >= 4 is 12.2 Å². The molecule has 0 radical (unpaired) electrons. The zero-order valence-electron chi connectivity index (χ0n) is 11.1. The molecule has 0 aliphatic rings. The van der Waals surface area contributed by atoms with Crippen molar-refractivity contribution in [3.8, 4) is 11.3 Å². The first kappa shape index (κ1) is 12.3. The third kappa shape index (κ3) is 2.49. The van der Waals surface area contributed by atoms with E-state index >= 15 is 0 Å². The summed E-state index contributed by atoms with van der Waals surface area (Å²) in [5.74, 6) is 0. The number of hydrogen-bond donors (Lipinski definition) is 0. The Bertz CT molecular complexity index is 715. The first-order chi connectivity index (χ1) is 9.84. The monoisotopic (exact) mass is 262 g/mol. The van der Waals surface area contributed by atoms with Gasteiger partial charge in [0.05, 0.1) is 23.4 Å². The Hall–Kier alpha value is -2.75. The smallest absolute Gasteiger partial charge is 0.115 e. The highest BCUT2D eigenvalue weighted by Gasteiger charge is 2.07. The van der Waals surface area contributed by atoms with Gasteiger partial charge in [-0.25, -0.2) is 15.0 Å². The van der Waals surface area contributed by atoms with Gasteiger partial charge in [0.15, 0.2) is 0 Å². The molecule has 0 aliphatic carbocycles. The van der Waals surface area contributed by atoms with Gasteiger partial charge >= 0.3 is 0 Å². The number of aromatic nitrogens is 4. The minimum Gasteiger partial charge on any atom is -0.334 e. The average molecular weight is 262 g/mol. The van der Waals surface area contributed by atoms with Gasteiger partial charge in [-0.2, -0.15) is 0 Å². The molecule has 3 aromatic rings. The van der Waals surface area contributed by atoms with Crippen molar-refractivity contribution in [1.82, 2.24) is 19.5 Å². The molecule has 4 nitrogen and oxygen atoms in total. The van der Waals surface area contributed by atoms with Crippen LogP contribution in [0.15, 0.2) is 55.2 Å². The van der Waals surface area contributed by atoms with Crippen LogP contribution in [0.25, 0.3) is 23.4 Å². The lowest BCUT2D eigenvalue weighted by molar-refractivity contribution is 0.903. The van der Waals surface area contributed by atoms with Crippen molar-refractivity contribution in [3.63, 3.8) is 0 Å². The quantitative estimate of drug-likeness (QED) is 0.728. The van der Waals surface area contributed by atoms with Gasteiger partial charge < -0.3 is 4.57 Å². The Morgan fingerprint density at radius 3 is 2.60 bits per heavy atom. The zero-order chi connectivity index (χ0) is 13.8. The molecule has 3 rings (SSSR count). The summed E-state index contributed by atoms with van der Waals surface area (Å²) in [6.07, 6.45) is 9.08. The summed E-state index contributed by atoms with van der Waals surface area (Å²) in [6, 6.07) is 12.0. The van der Waals surface area contributed by atoms with Crippen LogP contribution in [-0.4, -0.2) is 19.5 Å². The third-order valence-corrected chi connectivity index (χ3v) is 3.05. The molecule has 0 N–H and O–H groups in total. The largest absolute Gasteiger partial charge is 0.334 e. The Morgan fingerprint density at radius 2 is 1.85 bits per heavy atom. The molecule has 2 aromatic heterocycles. The molecule has 0 saturated carbocycles. The molecule has 0 unspecified atom stereocenters. The number of nitrogens with zero attached hydrogens (tertiary/aromatic N) is 4. The molecule has 20 heavy (non-hydrogen) atoms. The highest BCUT2D eigenvalue weighted by molar-refractivity contribution is 5.76. The average Bonchev–Trinajstić information content (AvgIpc) is 2.88. The van der Waals surface area contributed by atoms with Gasteiger partial charge in [0, 0.05) is 18.8 Å². The van der Waals surface area contributed by atoms with Gasteiger partial charge in [-0.3, -0.25) is 0 Å². The topological polar surface area (TPSA) is 43.6 Å². The summed E-state index contributed by atoms with van der Waals surface area (Å²) >= 11 is 0. The van der Waals surface area contributed by atoms with Crippen LogP contribution in [0.4, 0.5) is 0 Å². The van der Waals surface area contributed by atoms with E-state index in [1.165, 1.54) is 0 Å². The van der Waals surface area contributed by atoms with Gasteiger partial charge in [-0.15, -0.1) is 0 Å². The molecule has 0 saturated heterocycles. The number of benzene rings is 1. The second-order valence-corrected chi connectivity index (χ2v) is 4.42. The van der Waals surface area contributed by atoms with Crippen LogP contribution in [0.5, 0.6) is 0 Å². The van der Waals surface area contributed by atoms with E-state index in [1.54, 1.807) is 12.5 Å². The minimum absolute atomic E-state index is 0.875. The van der Waals surface area contributed by atoms with Crippen molar-refractivity contribution in [2.45, 2.75) is 0 Å². The van der Waals surface area contributed by atoms with Gasteiger partial charge in [-0.05, 0) is 18.2 Å². The van der Waals surface area contributed by atoms with E-state index < -0.39 is 0 Å². The predicted molar refractivity (Wildman–Crippen MR) is 79.6 cm³/mol. The van der Waals surface area contributed by atoms with Gasteiger partial charge in [0.25, 0.3) is 0 Å². The molecule has 0 aliphatic heterocycles. The number of rotatable bonds is 3. The zero-order valence-corrected chi connectivity index (χ0v) is 11.1. The summed E-state index contributed by atoms with van der Waals surface area (Å²) in [6.45, 7) is 0. The van der Waals surface area contributed by atoms with Crippen LogP contribution in [0.2, 0.25) is 0 Å². The molecular weight excluding hydrogens is 248 g/mol. The Kier molecular flexibility index (Phi) is 3.37. The molecule has 1 aromatic carbocycles. The molecule has 0 spiro atoms. The maximum absolute atomic E-state index is 4.48. The summed E-state index contributed by atoms with van der Waals surface area (Å²) < 4.78 is 2.00. The lowest BCUT2D eigenvalue weighted by Gasteiger charge is -2.01. The van der Waals surface area contributed by atoms with E-state index in [4.69, 9.17) is 0 Å². The Labute approximate surface area is 117 Å². The Morgan fingerprint density at radius 1 is 1.00 bits per heavy atom. The second kappa shape index (κ2) is 5.48. The summed E-state index contributed by atoms with van der Waals surface area (Å²) in [4.78, 5) is 12.6. The normalized spacial score (nSPS) is 11.1. The molecule has 0 bridgehead atoms. The number of imidazole rings is 1. The number of aryl methyl sites for hydroxylation is 1. The van der Waals surface area contributed by atoms with Crippen molar-refractivity contribution in [3.05, 3.63) is 66.6 Å². The van der Waals surface area contributed by atoms with Crippen molar-refractivity contribution in [2.75, 3.05) is 0 Å². The molecule has 0 amide bonds. The van der Waals surface area contributed by atoms with E-state index in [0.29, 0.717) is 0 Å². The number of hydrogen-bond acceptors (Lipinski definition) is 3. The Balaban J connectivity index is 1.98. The van der Waals surface area contributed by atoms with Crippen molar-refractivity contribution in [2.24, 2.45) is 7.05 Å². The predicted octanol–water partition coefficient (Wildman–Crippen LogP) is 3.05. The molecule has 2 heterocycles. The van der Waals surface area contributed by atoms with Crippen LogP contribution in [0.1, 0.15) is 11.4 Å². The van der Waals surface area contributed by atoms with Crippen LogP contribution in [0, 0.1) is 0 Å². The van der Waals surface area contributed by atoms with Gasteiger partial charge in [0.2, 0.25) is 0 Å². The fourth-order valence-corrected chi connectivity index (χ4v) is 2.02. The van der Waals surface area contributed by atoms with Gasteiger partial charge in [0.1, 0.15) is 6.33 Å². The lowest BCUT2D eigenvalue weighted by atomic mass is 10.1. The standard InChI is InChI=1S/C16H14N4/c1-20-12-19-16(13-5-3-2-4-6-13)15(20)8-7-14-9-10-17-11-18-14/h2-12H,1H3/b8-7+. The summed E-state index contributed by atoms with van der Waals surface area (Å²) in [7, 11) is 1.99. The van der Waals surface area contributed by atoms with Crippen molar-refractivity contribution < 1.29 is 0 Å². The van der Waals surface area contributed by atoms with Gasteiger partial charge in [-0.1, -0.05) is 30.3 Å². The maximum atomic E-state index is 4.48. The van der Waals surface area contributed by atoms with Crippen molar-refractivity contribution in [1.29, 1.82) is 0 Å². The van der Waals surface area contributed by atoms with E-state index in [-0.39, 0.29) is 0 Å². The third-order valence-electron chi connectivity index (χ3n) is 3.05. The van der Waals surface area contributed by atoms with E-state index in [9.17, 15) is 0 Å². The van der Waals surface area contributed by atoms with Crippen LogP contribution in [-0.2, 0) is 7.05 Å². The highest BCUT2D eigenvalue weighted by atomic mass is 15.0. The molecule has 0 atom stereocenters. The first-order valence-corrected chi connectivity index (χ1v) is 6.35. The van der Waals surface area contributed by atoms with Crippen LogP contribution >= 0.6 is 0 Å². The fraction of sp³-hybridized carbons (Fsp3) is 0.0625. The summed E-state index contributed by atoms with van der Waals surface area (Å²) in [5, 5.41) is 0. The van der Waals surface area contributed by atoms with E-state index in [0.717, 1.165) is 22.6 Å². The minimum atomic E-state index is 0.875. The SMILES string of the molecule is Cn1cnc(-c2ccccc2)c1/C=C/c1ccncn1. The first-order valence-electron chi connectivity index (χ1n) is 6.35. The molecule has 4 heteroatoms. The second-order valence-electron chi connectivity index (χ2n) is 4.42. The van der Waals surface area contributed by atoms with Crippen LogP contribution < -0.4 is 0 Å². The molecular formula is C16H14N4. The molecule has 98 valence electrons. The van der Waals surface area contributed by atoms with E-state index in [2.05, 4.69) is 27.1 Å². The van der Waals surface area contributed by atoms with E-state index in [1.807, 2.05) is 54.4 Å². The van der Waals surface area contributed by atoms with Crippen LogP contribution in [0.3, 0.4) is 0 Å². The maximum Gasteiger partial charge on any atom is 0.115 e. The fourth-order valence-electron chi connectivity index (χ4n) is 2.02. The highest BCUT2D eigenvalue weighted by Crippen LogP contribution is 2.22. The lowest BCUT2D eigenvalue weighted by Crippen LogP contribution is -1.90. The molecule has 0 fully saturated rings.